The van der Waals surface area contributed by atoms with E-state index < -0.39 is 46.9 Å². The Kier molecular flexibility index (Phi) is 7.71. The van der Waals surface area contributed by atoms with Crippen LogP contribution in [0.5, 0.6) is 5.75 Å². The van der Waals surface area contributed by atoms with Crippen LogP contribution in [0.15, 0.2) is 48.7 Å². The number of hydrogen-bond acceptors (Lipinski definition) is 6. The maximum absolute atomic E-state index is 14.2. The third-order valence-corrected chi connectivity index (χ3v) is 8.92. The summed E-state index contributed by atoms with van der Waals surface area (Å²) in [5.74, 6) is -3.62. The van der Waals surface area contributed by atoms with Gasteiger partial charge in [0.15, 0.2) is 0 Å². The molecule has 3 heterocycles. The van der Waals surface area contributed by atoms with Gasteiger partial charge >= 0.3 is 12.3 Å². The molecule has 0 unspecified atom stereocenters. The van der Waals surface area contributed by atoms with Crippen LogP contribution in [-0.2, 0) is 26.3 Å². The fourth-order valence-electron chi connectivity index (χ4n) is 6.08. The second-order valence-electron chi connectivity index (χ2n) is 11.8. The molecule has 2 aliphatic heterocycles. The van der Waals surface area contributed by atoms with Gasteiger partial charge < -0.3 is 20.1 Å². The number of hydrogen-bond donors (Lipinski definition) is 2. The number of fused-ring (bicyclic) bond motifs is 1. The van der Waals surface area contributed by atoms with E-state index in [1.807, 2.05) is 0 Å². The average Bonchev–Trinajstić information content (AvgIpc) is 3.29. The van der Waals surface area contributed by atoms with Gasteiger partial charge in [-0.15, -0.1) is 13.2 Å². The summed E-state index contributed by atoms with van der Waals surface area (Å²) in [5.41, 5.74) is -2.05. The van der Waals surface area contributed by atoms with Gasteiger partial charge in [-0.2, -0.15) is 0 Å². The molecule has 3 aromatic rings. The highest BCUT2D eigenvalue weighted by atomic mass is 35.5. The first-order chi connectivity index (χ1) is 21.6. The smallest absolute Gasteiger partial charge is 0.481 e. The molecule has 1 saturated carbocycles. The number of carboxylic acids is 1. The van der Waals surface area contributed by atoms with E-state index in [-0.39, 0.29) is 52.8 Å². The number of carboxylic acid groups (broad SMARTS) is 1. The summed E-state index contributed by atoms with van der Waals surface area (Å²) < 4.78 is 43.5. The molecule has 3 amide bonds. The van der Waals surface area contributed by atoms with Gasteiger partial charge in [0.05, 0.1) is 17.8 Å². The summed E-state index contributed by atoms with van der Waals surface area (Å²) in [6.07, 6.45) is -2.67. The lowest BCUT2D eigenvalue weighted by Gasteiger charge is -2.28. The van der Waals surface area contributed by atoms with Gasteiger partial charge in [-0.05, 0) is 62.1 Å². The first kappa shape index (κ1) is 31.7. The zero-order valence-corrected chi connectivity index (χ0v) is 25.6. The van der Waals surface area contributed by atoms with Crippen LogP contribution in [0, 0.1) is 5.92 Å². The first-order valence-corrected chi connectivity index (χ1v) is 14.9. The number of rotatable bonds is 8. The number of anilines is 2. The lowest BCUT2D eigenvalue weighted by Crippen LogP contribution is -2.51. The SMILES string of the molecule is C[C@@]1(Cc2ccc(OC(F)(F)F)cc2)C(=O)N(c2cc(Cl)cc(Cl)c2)c2ncc(C(=O)NC3(C(=O)N4CC[C@@H](C(=O)O)C4)CC3)n21. The second kappa shape index (κ2) is 11.2. The molecule has 0 radical (unpaired) electrons. The highest BCUT2D eigenvalue weighted by Crippen LogP contribution is 2.45. The predicted octanol–water partition coefficient (Wildman–Crippen LogP) is 4.92. The molecule has 46 heavy (non-hydrogen) atoms. The van der Waals surface area contributed by atoms with Gasteiger partial charge in [0.2, 0.25) is 11.9 Å². The number of nitrogens with zero attached hydrogens (tertiary/aromatic N) is 4. The third kappa shape index (κ3) is 5.75. The number of amides is 3. The molecule has 0 spiro atoms. The van der Waals surface area contributed by atoms with E-state index in [0.29, 0.717) is 24.8 Å². The van der Waals surface area contributed by atoms with E-state index in [2.05, 4.69) is 15.0 Å². The van der Waals surface area contributed by atoms with Crippen LogP contribution in [0.25, 0.3) is 0 Å². The molecule has 1 saturated heterocycles. The Morgan fingerprint density at radius 2 is 1.76 bits per heavy atom. The van der Waals surface area contributed by atoms with E-state index in [0.717, 1.165) is 12.1 Å². The first-order valence-electron chi connectivity index (χ1n) is 14.2. The number of nitrogens with one attached hydrogen (secondary N) is 1. The molecule has 242 valence electrons. The van der Waals surface area contributed by atoms with Crippen molar-refractivity contribution in [3.63, 3.8) is 0 Å². The van der Waals surface area contributed by atoms with Gasteiger partial charge in [-0.3, -0.25) is 23.7 Å². The fourth-order valence-corrected chi connectivity index (χ4v) is 6.60. The van der Waals surface area contributed by atoms with Crippen molar-refractivity contribution in [2.75, 3.05) is 18.0 Å². The van der Waals surface area contributed by atoms with Crippen LogP contribution in [0.3, 0.4) is 0 Å². The maximum atomic E-state index is 14.2. The van der Waals surface area contributed by atoms with Crippen LogP contribution >= 0.6 is 23.2 Å². The lowest BCUT2D eigenvalue weighted by molar-refractivity contribution is -0.274. The molecule has 0 bridgehead atoms. The summed E-state index contributed by atoms with van der Waals surface area (Å²) in [7, 11) is 0. The Morgan fingerprint density at radius 3 is 2.33 bits per heavy atom. The predicted molar refractivity (Wildman–Crippen MR) is 158 cm³/mol. The number of halogens is 5. The van der Waals surface area contributed by atoms with Crippen molar-refractivity contribution in [2.24, 2.45) is 5.92 Å². The summed E-state index contributed by atoms with van der Waals surface area (Å²) >= 11 is 12.5. The van der Waals surface area contributed by atoms with Crippen molar-refractivity contribution >= 4 is 58.5 Å². The van der Waals surface area contributed by atoms with Crippen molar-refractivity contribution in [1.82, 2.24) is 19.8 Å². The molecule has 2 N–H and O–H groups in total. The van der Waals surface area contributed by atoms with E-state index in [4.69, 9.17) is 23.2 Å². The Labute approximate surface area is 269 Å². The summed E-state index contributed by atoms with van der Waals surface area (Å²) in [4.78, 5) is 60.0. The molecule has 2 aromatic carbocycles. The average molecular weight is 680 g/mol. The molecular weight excluding hydrogens is 654 g/mol. The van der Waals surface area contributed by atoms with E-state index in [1.165, 1.54) is 50.9 Å². The zero-order valence-electron chi connectivity index (χ0n) is 24.1. The Morgan fingerprint density at radius 1 is 1.11 bits per heavy atom. The lowest BCUT2D eigenvalue weighted by atomic mass is 9.91. The van der Waals surface area contributed by atoms with E-state index in [1.54, 1.807) is 6.92 Å². The van der Waals surface area contributed by atoms with Gasteiger partial charge in [0, 0.05) is 29.6 Å². The molecule has 1 aromatic heterocycles. The van der Waals surface area contributed by atoms with Crippen LogP contribution in [-0.4, -0.2) is 68.2 Å². The van der Waals surface area contributed by atoms with Crippen molar-refractivity contribution in [2.45, 2.75) is 50.0 Å². The maximum Gasteiger partial charge on any atom is 0.573 e. The number of ether oxygens (including phenoxy) is 1. The van der Waals surface area contributed by atoms with Crippen molar-refractivity contribution in [1.29, 1.82) is 0 Å². The standard InChI is InChI=1S/C30H26Cl2F3N5O6/c1-28(13-16-2-4-21(5-3-16)46-30(33,34)35)25(44)39(20-11-18(31)10-19(32)12-20)27-36-14-22(40(27)28)23(41)37-29(7-8-29)26(45)38-9-6-17(15-38)24(42)43/h2-5,10-12,14,17H,6-9,13,15H2,1H3,(H,37,41)(H,42,43)/t17-,28-/m1/s1. The number of aliphatic carboxylic acids is 1. The molecule has 1 aliphatic carbocycles. The van der Waals surface area contributed by atoms with E-state index >= 15 is 0 Å². The van der Waals surface area contributed by atoms with E-state index in [9.17, 15) is 37.5 Å². The van der Waals surface area contributed by atoms with Crippen molar-refractivity contribution in [3.05, 3.63) is 70.0 Å². The third-order valence-electron chi connectivity index (χ3n) is 8.48. The number of carbonyl (C=O) groups excluding carboxylic acids is 3. The van der Waals surface area contributed by atoms with Crippen LogP contribution in [0.4, 0.5) is 24.8 Å². The molecular formula is C30H26Cl2F3N5O6. The minimum atomic E-state index is -4.88. The summed E-state index contributed by atoms with van der Waals surface area (Å²) in [6.45, 7) is 1.87. The Balaban J connectivity index is 1.34. The number of benzene rings is 2. The number of alkyl halides is 3. The van der Waals surface area contributed by atoms with Crippen LogP contribution < -0.4 is 15.0 Å². The van der Waals surface area contributed by atoms with Gasteiger partial charge in [0.1, 0.15) is 22.5 Å². The van der Waals surface area contributed by atoms with Gasteiger partial charge in [0.25, 0.3) is 11.8 Å². The minimum absolute atomic E-state index is 0.0394. The number of likely N-dealkylation sites (tertiary alicyclic amines) is 1. The fraction of sp³-hybridized carbons (Fsp3) is 0.367. The molecule has 2 fully saturated rings. The molecule has 11 nitrogen and oxygen atoms in total. The quantitative estimate of drug-likeness (QED) is 0.345. The largest absolute Gasteiger partial charge is 0.573 e. The molecule has 16 heteroatoms. The molecule has 2 atom stereocenters. The van der Waals surface area contributed by atoms with Crippen LogP contribution in [0.1, 0.15) is 42.2 Å². The Bertz CT molecular complexity index is 1740. The number of aromatic nitrogens is 2. The second-order valence-corrected chi connectivity index (χ2v) is 12.7. The van der Waals surface area contributed by atoms with Gasteiger partial charge in [-0.25, -0.2) is 9.88 Å². The summed E-state index contributed by atoms with van der Waals surface area (Å²) in [5, 5.41) is 12.6. The normalized spacial score (nSPS) is 21.7. The monoisotopic (exact) mass is 679 g/mol. The zero-order chi connectivity index (χ0) is 33.2. The highest BCUT2D eigenvalue weighted by molar-refractivity contribution is 6.35. The summed E-state index contributed by atoms with van der Waals surface area (Å²) in [6, 6.07) is 9.49. The van der Waals surface area contributed by atoms with Gasteiger partial charge in [-0.1, -0.05) is 35.3 Å². The van der Waals surface area contributed by atoms with Crippen molar-refractivity contribution in [3.8, 4) is 5.75 Å². The van der Waals surface area contributed by atoms with Crippen molar-refractivity contribution < 1.29 is 42.2 Å². The minimum Gasteiger partial charge on any atom is -0.481 e. The number of imidazole rings is 1. The Hall–Kier alpha value is -4.30. The topological polar surface area (TPSA) is 134 Å². The highest BCUT2D eigenvalue weighted by Gasteiger charge is 2.56. The van der Waals surface area contributed by atoms with Crippen LogP contribution in [0.2, 0.25) is 10.0 Å². The number of carbonyl (C=O) groups is 4. The molecule has 3 aliphatic rings. The molecule has 6 rings (SSSR count).